The largest absolute Gasteiger partial charge is 0.206 e. The van der Waals surface area contributed by atoms with Crippen molar-refractivity contribution in [2.24, 2.45) is 0 Å². The zero-order valence-corrected chi connectivity index (χ0v) is 12.6. The molecule has 0 bridgehead atoms. The summed E-state index contributed by atoms with van der Waals surface area (Å²) < 4.78 is 13.6. The summed E-state index contributed by atoms with van der Waals surface area (Å²) in [4.78, 5) is 0. The van der Waals surface area contributed by atoms with Crippen LogP contribution in [-0.4, -0.2) is 0 Å². The molecule has 2 rings (SSSR count). The van der Waals surface area contributed by atoms with Gasteiger partial charge >= 0.3 is 0 Å². The molecule has 0 saturated carbocycles. The fraction of sp³-hybridized carbons (Fsp3) is 0.250. The van der Waals surface area contributed by atoms with Gasteiger partial charge in [-0.15, -0.1) is 11.6 Å². The van der Waals surface area contributed by atoms with Gasteiger partial charge in [0.25, 0.3) is 0 Å². The highest BCUT2D eigenvalue weighted by Gasteiger charge is 2.14. The van der Waals surface area contributed by atoms with Gasteiger partial charge in [0.15, 0.2) is 0 Å². The number of hydrogen-bond donors (Lipinski definition) is 0. The van der Waals surface area contributed by atoms with Gasteiger partial charge in [-0.1, -0.05) is 35.9 Å². The molecule has 0 N–H and O–H groups in total. The van der Waals surface area contributed by atoms with E-state index in [0.717, 1.165) is 16.7 Å². The quantitative estimate of drug-likeness (QED) is 0.621. The smallest absolute Gasteiger partial charge is 0.129 e. The van der Waals surface area contributed by atoms with Gasteiger partial charge in [-0.2, -0.15) is 0 Å². The first-order valence-corrected chi connectivity index (χ1v) is 6.88. The molecular weight excluding hydrogens is 282 g/mol. The van der Waals surface area contributed by atoms with Crippen LogP contribution in [0.2, 0.25) is 5.02 Å². The number of aryl methyl sites for hydroxylation is 3. The molecule has 3 heteroatoms. The molecule has 100 valence electrons. The van der Waals surface area contributed by atoms with Crippen LogP contribution in [0.5, 0.6) is 0 Å². The van der Waals surface area contributed by atoms with Crippen LogP contribution in [-0.2, 0) is 0 Å². The van der Waals surface area contributed by atoms with Crippen LogP contribution in [0, 0.1) is 26.6 Å². The lowest BCUT2D eigenvalue weighted by Crippen LogP contribution is -1.98. The second kappa shape index (κ2) is 5.52. The van der Waals surface area contributed by atoms with Gasteiger partial charge in [0, 0.05) is 5.02 Å². The Hall–Kier alpha value is -1.05. The highest BCUT2D eigenvalue weighted by Crippen LogP contribution is 2.33. The molecule has 0 aliphatic heterocycles. The zero-order valence-electron chi connectivity index (χ0n) is 11.1. The Morgan fingerprint density at radius 2 is 1.47 bits per heavy atom. The predicted octanol–water partition coefficient (Wildman–Crippen LogP) is 5.73. The van der Waals surface area contributed by atoms with E-state index in [9.17, 15) is 4.39 Å². The summed E-state index contributed by atoms with van der Waals surface area (Å²) in [6.45, 7) is 5.44. The van der Waals surface area contributed by atoms with Crippen LogP contribution in [0.3, 0.4) is 0 Å². The summed E-state index contributed by atoms with van der Waals surface area (Å²) in [5.41, 5.74) is 4.04. The molecule has 0 amide bonds. The molecule has 0 spiro atoms. The minimum absolute atomic E-state index is 0.172. The molecule has 1 atom stereocenters. The van der Waals surface area contributed by atoms with Crippen LogP contribution in [0.25, 0.3) is 0 Å². The third-order valence-electron chi connectivity index (χ3n) is 3.24. The van der Waals surface area contributed by atoms with Crippen LogP contribution < -0.4 is 0 Å². The van der Waals surface area contributed by atoms with Crippen LogP contribution in [0.4, 0.5) is 4.39 Å². The van der Waals surface area contributed by atoms with Crippen molar-refractivity contribution in [2.75, 3.05) is 0 Å². The Morgan fingerprint density at radius 1 is 0.895 bits per heavy atom. The maximum atomic E-state index is 13.6. The number of alkyl halides is 1. The average Bonchev–Trinajstić information content (AvgIpc) is 2.37. The molecular formula is C16H15Cl2F. The van der Waals surface area contributed by atoms with Gasteiger partial charge in [0.2, 0.25) is 0 Å². The Bertz CT molecular complexity index is 597. The first-order chi connectivity index (χ1) is 8.90. The molecule has 1 unspecified atom stereocenters. The molecule has 19 heavy (non-hydrogen) atoms. The van der Waals surface area contributed by atoms with Crippen molar-refractivity contribution in [3.8, 4) is 0 Å². The van der Waals surface area contributed by atoms with Gasteiger partial charge in [-0.25, -0.2) is 4.39 Å². The predicted molar refractivity (Wildman–Crippen MR) is 79.8 cm³/mol. The second-order valence-corrected chi connectivity index (χ2v) is 5.68. The van der Waals surface area contributed by atoms with E-state index in [-0.39, 0.29) is 11.2 Å². The molecule has 0 radical (unpaired) electrons. The molecule has 2 aromatic carbocycles. The van der Waals surface area contributed by atoms with E-state index < -0.39 is 0 Å². The SMILES string of the molecule is Cc1ccc(C(Cl)c2cc(C)c(F)c(C)c2)cc1Cl. The van der Waals surface area contributed by atoms with Gasteiger partial charge in [0.1, 0.15) is 5.82 Å². The second-order valence-electron chi connectivity index (χ2n) is 4.84. The minimum Gasteiger partial charge on any atom is -0.206 e. The van der Waals surface area contributed by atoms with Gasteiger partial charge in [0.05, 0.1) is 5.38 Å². The van der Waals surface area contributed by atoms with E-state index in [1.165, 1.54) is 0 Å². The Kier molecular flexibility index (Phi) is 4.17. The summed E-state index contributed by atoms with van der Waals surface area (Å²) >= 11 is 12.6. The highest BCUT2D eigenvalue weighted by atomic mass is 35.5. The van der Waals surface area contributed by atoms with E-state index in [2.05, 4.69) is 0 Å². The summed E-state index contributed by atoms with van der Waals surface area (Å²) in [6, 6.07) is 9.33. The lowest BCUT2D eigenvalue weighted by molar-refractivity contribution is 0.608. The molecule has 0 aliphatic carbocycles. The molecule has 0 fully saturated rings. The monoisotopic (exact) mass is 296 g/mol. The van der Waals surface area contributed by atoms with E-state index in [1.54, 1.807) is 26.0 Å². The first kappa shape index (κ1) is 14.4. The lowest BCUT2D eigenvalue weighted by atomic mass is 9.99. The summed E-state index contributed by atoms with van der Waals surface area (Å²) in [5.74, 6) is -0.172. The van der Waals surface area contributed by atoms with E-state index in [0.29, 0.717) is 16.1 Å². The standard InChI is InChI=1S/C16H15Cl2F/c1-9-4-5-12(8-14(9)17)15(18)13-6-10(2)16(19)11(3)7-13/h4-8,15H,1-3H3. The molecule has 2 aromatic rings. The Morgan fingerprint density at radius 3 is 2.00 bits per heavy atom. The Labute approximate surface area is 123 Å². The summed E-state index contributed by atoms with van der Waals surface area (Å²) in [7, 11) is 0. The zero-order chi connectivity index (χ0) is 14.2. The third-order valence-corrected chi connectivity index (χ3v) is 4.15. The molecule has 0 saturated heterocycles. The fourth-order valence-corrected chi connectivity index (χ4v) is 2.54. The van der Waals surface area contributed by atoms with Crippen molar-refractivity contribution in [3.63, 3.8) is 0 Å². The van der Waals surface area contributed by atoms with Crippen molar-refractivity contribution in [1.82, 2.24) is 0 Å². The van der Waals surface area contributed by atoms with Crippen molar-refractivity contribution in [2.45, 2.75) is 26.1 Å². The van der Waals surface area contributed by atoms with Crippen LogP contribution >= 0.6 is 23.2 Å². The van der Waals surface area contributed by atoms with E-state index in [1.807, 2.05) is 25.1 Å². The number of rotatable bonds is 2. The topological polar surface area (TPSA) is 0 Å². The van der Waals surface area contributed by atoms with Gasteiger partial charge in [-0.05, 0) is 54.7 Å². The molecule has 0 nitrogen and oxygen atoms in total. The van der Waals surface area contributed by atoms with E-state index >= 15 is 0 Å². The maximum absolute atomic E-state index is 13.6. The van der Waals surface area contributed by atoms with Crippen molar-refractivity contribution < 1.29 is 4.39 Å². The van der Waals surface area contributed by atoms with Crippen molar-refractivity contribution in [3.05, 3.63) is 69.0 Å². The molecule has 0 aliphatic rings. The summed E-state index contributed by atoms with van der Waals surface area (Å²) in [5, 5.41) is 0.370. The Balaban J connectivity index is 2.43. The molecule has 0 aromatic heterocycles. The van der Waals surface area contributed by atoms with Crippen LogP contribution in [0.15, 0.2) is 30.3 Å². The third kappa shape index (κ3) is 2.93. The normalized spacial score (nSPS) is 12.5. The maximum Gasteiger partial charge on any atom is 0.129 e. The minimum atomic E-state index is -0.323. The van der Waals surface area contributed by atoms with Crippen molar-refractivity contribution >= 4 is 23.2 Å². The number of benzene rings is 2. The van der Waals surface area contributed by atoms with Gasteiger partial charge in [-0.3, -0.25) is 0 Å². The van der Waals surface area contributed by atoms with Crippen molar-refractivity contribution in [1.29, 1.82) is 0 Å². The highest BCUT2D eigenvalue weighted by molar-refractivity contribution is 6.31. The number of hydrogen-bond acceptors (Lipinski definition) is 0. The van der Waals surface area contributed by atoms with Crippen LogP contribution in [0.1, 0.15) is 33.2 Å². The lowest BCUT2D eigenvalue weighted by Gasteiger charge is -2.14. The van der Waals surface area contributed by atoms with E-state index in [4.69, 9.17) is 23.2 Å². The average molecular weight is 297 g/mol. The molecule has 0 heterocycles. The fourth-order valence-electron chi connectivity index (χ4n) is 2.08. The number of halogens is 3. The first-order valence-electron chi connectivity index (χ1n) is 6.07. The van der Waals surface area contributed by atoms with Gasteiger partial charge < -0.3 is 0 Å². The summed E-state index contributed by atoms with van der Waals surface area (Å²) in [6.07, 6.45) is 0.